The Morgan fingerprint density at radius 1 is 1.35 bits per heavy atom. The monoisotopic (exact) mass is 452 g/mol. The average molecular weight is 452 g/mol. The molecule has 1 unspecified atom stereocenters. The van der Waals surface area contributed by atoms with Gasteiger partial charge in [0.15, 0.2) is 11.6 Å². The Morgan fingerprint density at radius 2 is 2.16 bits per heavy atom. The average Bonchev–Trinajstić information content (AvgIpc) is 3.43. The summed E-state index contributed by atoms with van der Waals surface area (Å²) in [5, 5.41) is 4.00. The van der Waals surface area contributed by atoms with Gasteiger partial charge in [-0.1, -0.05) is 11.2 Å². The van der Waals surface area contributed by atoms with E-state index in [1.165, 1.54) is 17.2 Å². The number of pyridine rings is 1. The number of ether oxygens (including phenoxy) is 1. The van der Waals surface area contributed by atoms with Crippen LogP contribution in [0.4, 0.5) is 4.39 Å². The fourth-order valence-electron chi connectivity index (χ4n) is 3.01. The van der Waals surface area contributed by atoms with Crippen LogP contribution in [0.2, 0.25) is 0 Å². The predicted molar refractivity (Wildman–Crippen MR) is 107 cm³/mol. The van der Waals surface area contributed by atoms with E-state index in [9.17, 15) is 8.96 Å². The SMILES string of the molecule is NC1C(c2cc(Cc3cnc(OCC4CC4)c(F)c3)no2)=CC=CN1COP(=O)(O)O. The first-order valence-electron chi connectivity index (χ1n) is 9.61. The Labute approximate surface area is 177 Å². The summed E-state index contributed by atoms with van der Waals surface area (Å²) in [5.74, 6) is 0.360. The molecule has 31 heavy (non-hydrogen) atoms. The van der Waals surface area contributed by atoms with Gasteiger partial charge in [0.25, 0.3) is 0 Å². The van der Waals surface area contributed by atoms with Crippen LogP contribution in [0, 0.1) is 11.7 Å². The van der Waals surface area contributed by atoms with Crippen molar-refractivity contribution < 1.29 is 32.5 Å². The highest BCUT2D eigenvalue weighted by Crippen LogP contribution is 2.36. The molecule has 0 radical (unpaired) electrons. The molecule has 2 aromatic rings. The molecular weight excluding hydrogens is 430 g/mol. The Hall–Kier alpha value is -2.56. The summed E-state index contributed by atoms with van der Waals surface area (Å²) in [6.07, 6.45) is 8.17. The second-order valence-electron chi connectivity index (χ2n) is 7.42. The number of hydrogen-bond acceptors (Lipinski definition) is 8. The minimum atomic E-state index is -4.63. The van der Waals surface area contributed by atoms with Gasteiger partial charge >= 0.3 is 7.82 Å². The highest BCUT2D eigenvalue weighted by Gasteiger charge is 2.26. The topological polar surface area (TPSA) is 144 Å². The largest absolute Gasteiger partial charge is 0.475 e. The third-order valence-electron chi connectivity index (χ3n) is 4.85. The van der Waals surface area contributed by atoms with Gasteiger partial charge in [-0.2, -0.15) is 0 Å². The predicted octanol–water partition coefficient (Wildman–Crippen LogP) is 2.15. The molecule has 1 saturated carbocycles. The van der Waals surface area contributed by atoms with Crippen molar-refractivity contribution in [1.82, 2.24) is 15.0 Å². The van der Waals surface area contributed by atoms with E-state index in [-0.39, 0.29) is 5.88 Å². The third kappa shape index (κ3) is 5.78. The molecule has 1 atom stereocenters. The molecule has 12 heteroatoms. The standard InChI is InChI=1S/C19H22FN4O6P/c20-16-7-13(9-22-19(16)28-10-12-3-4-12)6-14-8-17(30-23-14)15-2-1-5-24(18(15)21)11-29-31(25,26)27/h1-2,5,7-9,12,18H,3-4,6,10-11,21H2,(H2,25,26,27). The van der Waals surface area contributed by atoms with Gasteiger partial charge in [-0.25, -0.2) is 13.9 Å². The molecule has 166 valence electrons. The van der Waals surface area contributed by atoms with Gasteiger partial charge in [-0.05, 0) is 36.5 Å². The number of phosphoric acid groups is 1. The first-order chi connectivity index (χ1) is 14.8. The highest BCUT2D eigenvalue weighted by molar-refractivity contribution is 7.46. The van der Waals surface area contributed by atoms with Gasteiger partial charge in [0, 0.05) is 30.5 Å². The van der Waals surface area contributed by atoms with E-state index in [2.05, 4.69) is 14.7 Å². The molecule has 2 aliphatic rings. The van der Waals surface area contributed by atoms with Crippen LogP contribution >= 0.6 is 7.82 Å². The summed E-state index contributed by atoms with van der Waals surface area (Å²) in [7, 11) is -4.63. The Bertz CT molecular complexity index is 1050. The minimum Gasteiger partial charge on any atom is -0.475 e. The second-order valence-corrected chi connectivity index (χ2v) is 8.65. The summed E-state index contributed by atoms with van der Waals surface area (Å²) >= 11 is 0. The molecule has 4 N–H and O–H groups in total. The van der Waals surface area contributed by atoms with Crippen molar-refractivity contribution >= 4 is 13.4 Å². The lowest BCUT2D eigenvalue weighted by Crippen LogP contribution is -2.41. The number of nitrogens with zero attached hydrogens (tertiary/aromatic N) is 3. The van der Waals surface area contributed by atoms with E-state index in [1.54, 1.807) is 24.4 Å². The molecule has 0 bridgehead atoms. The number of aromatic nitrogens is 2. The van der Waals surface area contributed by atoms with Crippen molar-refractivity contribution in [2.75, 3.05) is 13.3 Å². The van der Waals surface area contributed by atoms with E-state index in [1.807, 2.05) is 0 Å². The summed E-state index contributed by atoms with van der Waals surface area (Å²) in [5.41, 5.74) is 7.85. The van der Waals surface area contributed by atoms with Gasteiger partial charge in [0.2, 0.25) is 5.88 Å². The van der Waals surface area contributed by atoms with Gasteiger partial charge in [0.05, 0.1) is 12.3 Å². The summed E-state index contributed by atoms with van der Waals surface area (Å²) in [6.45, 7) is 0.0797. The van der Waals surface area contributed by atoms with Crippen LogP contribution in [0.1, 0.15) is 29.9 Å². The van der Waals surface area contributed by atoms with E-state index < -0.39 is 26.5 Å². The normalized spacial score (nSPS) is 18.9. The van der Waals surface area contributed by atoms with Crippen LogP contribution in [0.3, 0.4) is 0 Å². The van der Waals surface area contributed by atoms with E-state index in [4.69, 9.17) is 24.8 Å². The van der Waals surface area contributed by atoms with Crippen LogP contribution < -0.4 is 10.5 Å². The molecule has 1 aliphatic heterocycles. The second kappa shape index (κ2) is 8.89. The Morgan fingerprint density at radius 3 is 2.87 bits per heavy atom. The fraction of sp³-hybridized carbons (Fsp3) is 0.368. The maximum Gasteiger partial charge on any atom is 0.471 e. The maximum absolute atomic E-state index is 14.2. The van der Waals surface area contributed by atoms with Gasteiger partial charge < -0.3 is 29.7 Å². The number of allylic oxidation sites excluding steroid dienone is 2. The smallest absolute Gasteiger partial charge is 0.471 e. The zero-order valence-electron chi connectivity index (χ0n) is 16.4. The van der Waals surface area contributed by atoms with Crippen LogP contribution in [-0.2, 0) is 15.5 Å². The highest BCUT2D eigenvalue weighted by atomic mass is 31.2. The Balaban J connectivity index is 1.39. The zero-order valence-corrected chi connectivity index (χ0v) is 17.3. The lowest BCUT2D eigenvalue weighted by molar-refractivity contribution is 0.110. The summed E-state index contributed by atoms with van der Waals surface area (Å²) in [6, 6.07) is 3.03. The molecule has 0 aromatic carbocycles. The third-order valence-corrected chi connectivity index (χ3v) is 5.30. The van der Waals surface area contributed by atoms with Gasteiger partial charge in [-0.15, -0.1) is 0 Å². The molecule has 0 amide bonds. The Kier molecular flexibility index (Phi) is 6.22. The molecule has 1 fully saturated rings. The van der Waals surface area contributed by atoms with Crippen molar-refractivity contribution in [3.63, 3.8) is 0 Å². The van der Waals surface area contributed by atoms with E-state index in [0.29, 0.717) is 41.5 Å². The van der Waals surface area contributed by atoms with Gasteiger partial charge in [-0.3, -0.25) is 4.52 Å². The lowest BCUT2D eigenvalue weighted by Gasteiger charge is -2.30. The lowest BCUT2D eigenvalue weighted by atomic mass is 10.1. The van der Waals surface area contributed by atoms with Crippen molar-refractivity contribution in [3.8, 4) is 5.88 Å². The fourth-order valence-corrected chi connectivity index (χ4v) is 3.29. The zero-order chi connectivity index (χ0) is 22.0. The summed E-state index contributed by atoms with van der Waals surface area (Å²) in [4.78, 5) is 23.2. The first-order valence-corrected chi connectivity index (χ1v) is 11.1. The molecule has 2 aromatic heterocycles. The molecule has 1 aliphatic carbocycles. The maximum atomic E-state index is 14.2. The molecule has 0 spiro atoms. The molecular formula is C19H22FN4O6P. The van der Waals surface area contributed by atoms with E-state index in [0.717, 1.165) is 12.8 Å². The van der Waals surface area contributed by atoms with Crippen molar-refractivity contribution in [2.45, 2.75) is 25.4 Å². The number of halogens is 1. The van der Waals surface area contributed by atoms with Crippen LogP contribution in [0.25, 0.3) is 5.57 Å². The van der Waals surface area contributed by atoms with Crippen LogP contribution in [0.15, 0.2) is 41.2 Å². The number of hydrogen-bond donors (Lipinski definition) is 3. The minimum absolute atomic E-state index is 0.000713. The number of nitrogens with two attached hydrogens (primary N) is 1. The van der Waals surface area contributed by atoms with Crippen molar-refractivity contribution in [1.29, 1.82) is 0 Å². The molecule has 10 nitrogen and oxygen atoms in total. The molecule has 4 rings (SSSR count). The van der Waals surface area contributed by atoms with Gasteiger partial charge in [0.1, 0.15) is 12.9 Å². The first kappa shape index (κ1) is 21.7. The molecule has 3 heterocycles. The quantitative estimate of drug-likeness (QED) is 0.484. The molecule has 0 saturated heterocycles. The van der Waals surface area contributed by atoms with Crippen LogP contribution in [0.5, 0.6) is 5.88 Å². The van der Waals surface area contributed by atoms with Crippen LogP contribution in [-0.4, -0.2) is 44.3 Å². The summed E-state index contributed by atoms with van der Waals surface area (Å²) < 4.78 is 40.4. The van der Waals surface area contributed by atoms with Crippen molar-refractivity contribution in [3.05, 3.63) is 59.5 Å². The van der Waals surface area contributed by atoms with E-state index >= 15 is 0 Å². The van der Waals surface area contributed by atoms with Crippen molar-refractivity contribution in [2.24, 2.45) is 11.7 Å². The number of rotatable bonds is 9. The number of phosphoric ester groups is 1.